The molecule has 25 heavy (non-hydrogen) atoms. The van der Waals surface area contributed by atoms with E-state index >= 15 is 0 Å². The number of thioether (sulfide) groups is 1. The molecule has 0 bridgehead atoms. The van der Waals surface area contributed by atoms with Crippen LogP contribution in [0.1, 0.15) is 35.6 Å². The summed E-state index contributed by atoms with van der Waals surface area (Å²) >= 11 is 1.69. The average Bonchev–Trinajstić information content (AvgIpc) is 2.87. The lowest BCUT2D eigenvalue weighted by Gasteiger charge is -2.05. The second-order valence-electron chi connectivity index (χ2n) is 5.88. The van der Waals surface area contributed by atoms with Crippen molar-refractivity contribution in [1.82, 2.24) is 0 Å². The van der Waals surface area contributed by atoms with Crippen molar-refractivity contribution in [2.45, 2.75) is 18.2 Å². The lowest BCUT2D eigenvalue weighted by atomic mass is 9.99. The van der Waals surface area contributed by atoms with Crippen molar-refractivity contribution >= 4 is 35.0 Å². The molecule has 2 aromatic carbocycles. The van der Waals surface area contributed by atoms with Gasteiger partial charge in [0.05, 0.1) is 18.1 Å². The van der Waals surface area contributed by atoms with Gasteiger partial charge in [-0.1, -0.05) is 18.2 Å². The largest absolute Gasteiger partial charge is 0.481 e. The normalized spacial score (nSPS) is 14.5. The Morgan fingerprint density at radius 1 is 1.20 bits per heavy atom. The summed E-state index contributed by atoms with van der Waals surface area (Å²) in [5.74, 6) is -0.867. The molecule has 3 rings (SSSR count). The highest BCUT2D eigenvalue weighted by atomic mass is 32.2. The molecule has 0 amide bonds. The van der Waals surface area contributed by atoms with Crippen LogP contribution in [-0.4, -0.2) is 17.3 Å². The molecule has 0 fully saturated rings. The van der Waals surface area contributed by atoms with Crippen LogP contribution in [-0.2, 0) is 4.79 Å². The molecule has 4 heteroatoms. The van der Waals surface area contributed by atoms with Gasteiger partial charge in [0.1, 0.15) is 0 Å². The number of aliphatic carboxylic acids is 1. The zero-order valence-electron chi connectivity index (χ0n) is 14.0. The number of rotatable bonds is 4. The first-order valence-electron chi connectivity index (χ1n) is 7.86. The maximum Gasteiger partial charge on any atom is 0.307 e. The molecule has 0 unspecified atom stereocenters. The summed E-state index contributed by atoms with van der Waals surface area (Å²) in [4.78, 5) is 12.5. The summed E-state index contributed by atoms with van der Waals surface area (Å²) in [6, 6.07) is 15.9. The van der Waals surface area contributed by atoms with E-state index in [2.05, 4.69) is 36.4 Å². The van der Waals surface area contributed by atoms with E-state index in [1.54, 1.807) is 23.9 Å². The standard InChI is InChI=1S/C21H17NO2S/c1-13-18(9-14-3-6-16(25-2)7-4-14)17-8-5-15(12-22)10-20(17)19(13)11-21(23)24/h3-10H,11H2,1-2H3,(H,23,24). The fourth-order valence-corrected chi connectivity index (χ4v) is 3.50. The van der Waals surface area contributed by atoms with Crippen LogP contribution in [0.15, 0.2) is 52.9 Å². The van der Waals surface area contributed by atoms with E-state index in [1.807, 2.05) is 19.2 Å². The summed E-state index contributed by atoms with van der Waals surface area (Å²) < 4.78 is 0. The maximum absolute atomic E-state index is 11.3. The van der Waals surface area contributed by atoms with E-state index in [9.17, 15) is 9.90 Å². The van der Waals surface area contributed by atoms with Crippen molar-refractivity contribution < 1.29 is 9.90 Å². The summed E-state index contributed by atoms with van der Waals surface area (Å²) in [6.07, 6.45) is 4.08. The number of allylic oxidation sites excluding steroid dienone is 2. The molecule has 124 valence electrons. The fraction of sp³-hybridized carbons (Fsp3) is 0.143. The van der Waals surface area contributed by atoms with Crippen molar-refractivity contribution in [3.05, 3.63) is 70.3 Å². The van der Waals surface area contributed by atoms with Gasteiger partial charge in [-0.15, -0.1) is 11.8 Å². The molecule has 0 heterocycles. The number of carbonyl (C=O) groups is 1. The Morgan fingerprint density at radius 3 is 2.52 bits per heavy atom. The van der Waals surface area contributed by atoms with Gasteiger partial charge in [-0.05, 0) is 76.9 Å². The molecule has 0 aromatic heterocycles. The fourth-order valence-electron chi connectivity index (χ4n) is 3.10. The van der Waals surface area contributed by atoms with Gasteiger partial charge in [-0.2, -0.15) is 5.26 Å². The molecular formula is C21H17NO2S. The van der Waals surface area contributed by atoms with Gasteiger partial charge in [0.25, 0.3) is 0 Å². The quantitative estimate of drug-likeness (QED) is 0.783. The first-order chi connectivity index (χ1) is 12.0. The molecule has 0 saturated heterocycles. The van der Waals surface area contributed by atoms with Gasteiger partial charge in [-0.25, -0.2) is 0 Å². The lowest BCUT2D eigenvalue weighted by Crippen LogP contribution is -1.97. The Hall–Kier alpha value is -2.77. The van der Waals surface area contributed by atoms with Crippen LogP contribution in [0.4, 0.5) is 0 Å². The van der Waals surface area contributed by atoms with E-state index in [0.29, 0.717) is 5.56 Å². The van der Waals surface area contributed by atoms with Crippen LogP contribution in [0.3, 0.4) is 0 Å². The van der Waals surface area contributed by atoms with Gasteiger partial charge < -0.3 is 5.11 Å². The molecule has 1 N–H and O–H groups in total. The Kier molecular flexibility index (Phi) is 4.78. The minimum absolute atomic E-state index is 0.0452. The molecule has 0 atom stereocenters. The molecule has 1 aliphatic rings. The van der Waals surface area contributed by atoms with Crippen molar-refractivity contribution in [3.8, 4) is 6.07 Å². The Balaban J connectivity index is 2.13. The number of carboxylic acid groups (broad SMARTS) is 1. The van der Waals surface area contributed by atoms with Crippen molar-refractivity contribution in [1.29, 1.82) is 5.26 Å². The molecule has 0 saturated carbocycles. The minimum atomic E-state index is -0.867. The van der Waals surface area contributed by atoms with Gasteiger partial charge in [0.15, 0.2) is 0 Å². The van der Waals surface area contributed by atoms with Crippen LogP contribution in [0.2, 0.25) is 0 Å². The average molecular weight is 347 g/mol. The number of hydrogen-bond acceptors (Lipinski definition) is 3. The highest BCUT2D eigenvalue weighted by molar-refractivity contribution is 7.98. The topological polar surface area (TPSA) is 61.1 Å². The van der Waals surface area contributed by atoms with Gasteiger partial charge >= 0.3 is 5.97 Å². The van der Waals surface area contributed by atoms with Crippen molar-refractivity contribution in [3.63, 3.8) is 0 Å². The second kappa shape index (κ2) is 7.00. The van der Waals surface area contributed by atoms with E-state index in [-0.39, 0.29) is 6.42 Å². The maximum atomic E-state index is 11.3. The number of carboxylic acids is 1. The van der Waals surface area contributed by atoms with E-state index in [4.69, 9.17) is 5.26 Å². The van der Waals surface area contributed by atoms with Crippen LogP contribution >= 0.6 is 11.8 Å². The molecule has 1 aliphatic carbocycles. The number of nitriles is 1. The lowest BCUT2D eigenvalue weighted by molar-refractivity contribution is -0.135. The van der Waals surface area contributed by atoms with Crippen LogP contribution in [0.5, 0.6) is 0 Å². The zero-order valence-corrected chi connectivity index (χ0v) is 14.9. The van der Waals surface area contributed by atoms with Gasteiger partial charge in [0.2, 0.25) is 0 Å². The molecule has 2 aromatic rings. The SMILES string of the molecule is CSc1ccc(C=C2C(C)=C(CC(=O)O)c3cc(C#N)ccc32)cc1. The van der Waals surface area contributed by atoms with Crippen LogP contribution in [0, 0.1) is 11.3 Å². The molecule has 3 nitrogen and oxygen atoms in total. The third-order valence-corrected chi connectivity index (χ3v) is 5.12. The third kappa shape index (κ3) is 3.38. The summed E-state index contributed by atoms with van der Waals surface area (Å²) in [6.45, 7) is 1.95. The van der Waals surface area contributed by atoms with Crippen molar-refractivity contribution in [2.75, 3.05) is 6.26 Å². The highest BCUT2D eigenvalue weighted by Gasteiger charge is 2.25. The number of hydrogen-bond donors (Lipinski definition) is 1. The zero-order chi connectivity index (χ0) is 18.0. The number of fused-ring (bicyclic) bond motifs is 1. The van der Waals surface area contributed by atoms with E-state index in [0.717, 1.165) is 33.4 Å². The first-order valence-corrected chi connectivity index (χ1v) is 9.08. The molecular weight excluding hydrogens is 330 g/mol. The summed E-state index contributed by atoms with van der Waals surface area (Å²) in [5, 5.41) is 18.4. The Morgan fingerprint density at radius 2 is 1.92 bits per heavy atom. The highest BCUT2D eigenvalue weighted by Crippen LogP contribution is 2.43. The minimum Gasteiger partial charge on any atom is -0.481 e. The predicted octanol–water partition coefficient (Wildman–Crippen LogP) is 5.08. The number of nitrogens with zero attached hydrogens (tertiary/aromatic N) is 1. The second-order valence-corrected chi connectivity index (χ2v) is 6.76. The molecule has 0 spiro atoms. The van der Waals surface area contributed by atoms with Crippen molar-refractivity contribution in [2.24, 2.45) is 0 Å². The Labute approximate surface area is 151 Å². The van der Waals surface area contributed by atoms with E-state index in [1.165, 1.54) is 4.90 Å². The van der Waals surface area contributed by atoms with Crippen LogP contribution < -0.4 is 0 Å². The van der Waals surface area contributed by atoms with Gasteiger partial charge in [0, 0.05) is 4.90 Å². The Bertz CT molecular complexity index is 947. The van der Waals surface area contributed by atoms with Gasteiger partial charge in [-0.3, -0.25) is 4.79 Å². The molecule has 0 radical (unpaired) electrons. The van der Waals surface area contributed by atoms with E-state index < -0.39 is 5.97 Å². The monoisotopic (exact) mass is 347 g/mol. The number of benzene rings is 2. The molecule has 0 aliphatic heterocycles. The van der Waals surface area contributed by atoms with Crippen LogP contribution in [0.25, 0.3) is 17.2 Å². The first kappa shape index (κ1) is 17.1. The summed E-state index contributed by atoms with van der Waals surface area (Å²) in [7, 11) is 0. The third-order valence-electron chi connectivity index (χ3n) is 4.38. The predicted molar refractivity (Wildman–Crippen MR) is 102 cm³/mol. The smallest absolute Gasteiger partial charge is 0.307 e. The summed E-state index contributed by atoms with van der Waals surface area (Å²) in [5.41, 5.74) is 6.22.